The Labute approximate surface area is 272 Å². The van der Waals surface area contributed by atoms with Gasteiger partial charge in [-0.3, -0.25) is 14.5 Å². The molecule has 0 saturated heterocycles. The third-order valence-electron chi connectivity index (χ3n) is 8.23. The maximum atomic E-state index is 15.3. The lowest BCUT2D eigenvalue weighted by Gasteiger charge is -2.36. The fourth-order valence-corrected chi connectivity index (χ4v) is 5.63. The van der Waals surface area contributed by atoms with Crippen molar-refractivity contribution in [3.63, 3.8) is 0 Å². The van der Waals surface area contributed by atoms with E-state index in [1.807, 2.05) is 12.1 Å². The second-order valence-electron chi connectivity index (χ2n) is 12.4. The summed E-state index contributed by atoms with van der Waals surface area (Å²) in [5, 5.41) is 8.44. The van der Waals surface area contributed by atoms with Crippen molar-refractivity contribution >= 4 is 36.6 Å². The van der Waals surface area contributed by atoms with Crippen LogP contribution in [0.25, 0.3) is 22.4 Å². The van der Waals surface area contributed by atoms with E-state index in [0.29, 0.717) is 34.6 Å². The van der Waals surface area contributed by atoms with Crippen molar-refractivity contribution in [2.24, 2.45) is 5.73 Å². The van der Waals surface area contributed by atoms with Crippen LogP contribution in [0.4, 0.5) is 20.3 Å². The largest absolute Gasteiger partial charge is 0.491 e. The number of anilines is 2. The summed E-state index contributed by atoms with van der Waals surface area (Å²) in [5.41, 5.74) is 6.85. The SMILES string of the molecule is COc1cnc(-c2nn(Cc3c(F)cc(OCCO[Si](C)(C)C(C)(C)C)cc3F)c3ccccc23)nc1Nc1ccncc1C(N)=O. The van der Waals surface area contributed by atoms with Crippen LogP contribution >= 0.6 is 0 Å². The van der Waals surface area contributed by atoms with Crippen LogP contribution in [0.1, 0.15) is 36.7 Å². The average Bonchev–Trinajstić information content (AvgIpc) is 3.39. The zero-order valence-corrected chi connectivity index (χ0v) is 28.1. The molecule has 1 amide bonds. The van der Waals surface area contributed by atoms with E-state index in [-0.39, 0.29) is 46.7 Å². The van der Waals surface area contributed by atoms with E-state index in [9.17, 15) is 4.79 Å². The molecule has 3 heterocycles. The minimum absolute atomic E-state index is 0.0400. The zero-order chi connectivity index (χ0) is 33.9. The number of nitrogens with one attached hydrogen (secondary N) is 1. The molecule has 0 aliphatic carbocycles. The highest BCUT2D eigenvalue weighted by Gasteiger charge is 2.37. The van der Waals surface area contributed by atoms with E-state index < -0.39 is 25.9 Å². The number of ether oxygens (including phenoxy) is 2. The standard InChI is InChI=1S/C33H37F2N7O4Si/c1-33(2,3)47(5,6)46-14-13-45-20-15-24(34)23(25(35)16-20)19-42-27-10-8-7-9-21(27)29(41-42)32-38-18-28(44-4)31(40-32)39-26-11-12-37-17-22(26)30(36)43/h7-12,15-18H,13-14,19H2,1-6H3,(H2,36,43)(H,37,38,39,40). The van der Waals surface area contributed by atoms with Crippen LogP contribution < -0.4 is 20.5 Å². The number of nitrogens with two attached hydrogens (primary N) is 1. The molecule has 0 unspecified atom stereocenters. The summed E-state index contributed by atoms with van der Waals surface area (Å²) in [5.74, 6) is -1.37. The Balaban J connectivity index is 1.41. The number of primary amides is 1. The average molecular weight is 662 g/mol. The monoisotopic (exact) mass is 661 g/mol. The zero-order valence-electron chi connectivity index (χ0n) is 27.1. The molecule has 0 radical (unpaired) electrons. The van der Waals surface area contributed by atoms with Crippen molar-refractivity contribution < 1.29 is 27.5 Å². The molecule has 3 N–H and O–H groups in total. The topological polar surface area (TPSA) is 139 Å². The van der Waals surface area contributed by atoms with Crippen molar-refractivity contribution in [2.45, 2.75) is 45.4 Å². The second-order valence-corrected chi connectivity index (χ2v) is 17.2. The summed E-state index contributed by atoms with van der Waals surface area (Å²) in [7, 11) is -0.514. The molecule has 14 heteroatoms. The molecule has 246 valence electrons. The first-order chi connectivity index (χ1) is 22.3. The first kappa shape index (κ1) is 33.4. The van der Waals surface area contributed by atoms with Crippen LogP contribution in [0.5, 0.6) is 11.5 Å². The Hall–Kier alpha value is -4.95. The van der Waals surface area contributed by atoms with Gasteiger partial charge in [-0.2, -0.15) is 5.10 Å². The van der Waals surface area contributed by atoms with Crippen molar-refractivity contribution in [2.75, 3.05) is 25.6 Å². The number of amides is 1. The second kappa shape index (κ2) is 13.4. The van der Waals surface area contributed by atoms with E-state index in [0.717, 1.165) is 0 Å². The number of hydrogen-bond acceptors (Lipinski definition) is 9. The predicted octanol–water partition coefficient (Wildman–Crippen LogP) is 6.47. The molecule has 0 saturated carbocycles. The van der Waals surface area contributed by atoms with Gasteiger partial charge < -0.3 is 25.0 Å². The van der Waals surface area contributed by atoms with E-state index in [4.69, 9.17) is 19.6 Å². The summed E-state index contributed by atoms with van der Waals surface area (Å²) >= 11 is 0. The molecule has 0 fully saturated rings. The molecule has 5 rings (SSSR count). The number of hydrogen-bond donors (Lipinski definition) is 2. The molecule has 2 aromatic carbocycles. The van der Waals surface area contributed by atoms with Gasteiger partial charge in [0.25, 0.3) is 5.91 Å². The Kier molecular flexibility index (Phi) is 9.54. The Morgan fingerprint density at radius 2 is 1.79 bits per heavy atom. The van der Waals surface area contributed by atoms with Crippen molar-refractivity contribution in [1.82, 2.24) is 24.7 Å². The number of methoxy groups -OCH3 is 1. The normalized spacial score (nSPS) is 11.9. The van der Waals surface area contributed by atoms with Gasteiger partial charge in [-0.1, -0.05) is 39.0 Å². The maximum absolute atomic E-state index is 15.3. The molecule has 0 spiro atoms. The van der Waals surface area contributed by atoms with Gasteiger partial charge in [0, 0.05) is 35.5 Å². The predicted molar refractivity (Wildman–Crippen MR) is 177 cm³/mol. The number of aromatic nitrogens is 5. The summed E-state index contributed by atoms with van der Waals surface area (Å²) in [4.78, 5) is 25.0. The Morgan fingerprint density at radius 1 is 1.06 bits per heavy atom. The highest BCUT2D eigenvalue weighted by molar-refractivity contribution is 6.74. The minimum atomic E-state index is -1.97. The lowest BCUT2D eigenvalue weighted by molar-refractivity contribution is 0.100. The number of nitrogens with zero attached hydrogens (tertiary/aromatic N) is 5. The number of carbonyl (C=O) groups excluding carboxylic acids is 1. The first-order valence-corrected chi connectivity index (χ1v) is 17.8. The lowest BCUT2D eigenvalue weighted by Crippen LogP contribution is -2.41. The van der Waals surface area contributed by atoms with Gasteiger partial charge >= 0.3 is 0 Å². The van der Waals surface area contributed by atoms with Gasteiger partial charge in [-0.05, 0) is 30.3 Å². The molecule has 11 nitrogen and oxygen atoms in total. The Morgan fingerprint density at radius 3 is 2.47 bits per heavy atom. The van der Waals surface area contributed by atoms with Crippen LogP contribution in [-0.2, 0) is 11.0 Å². The summed E-state index contributed by atoms with van der Waals surface area (Å²) in [6.45, 7) is 11.0. The van der Waals surface area contributed by atoms with Gasteiger partial charge in [-0.25, -0.2) is 18.7 Å². The van der Waals surface area contributed by atoms with E-state index in [1.165, 1.54) is 42.5 Å². The van der Waals surface area contributed by atoms with Crippen LogP contribution in [0.15, 0.2) is 61.1 Å². The van der Waals surface area contributed by atoms with Crippen LogP contribution in [-0.4, -0.2) is 59.3 Å². The smallest absolute Gasteiger partial charge is 0.252 e. The van der Waals surface area contributed by atoms with Gasteiger partial charge in [0.2, 0.25) is 0 Å². The number of pyridine rings is 1. The number of benzene rings is 2. The third kappa shape index (κ3) is 7.23. The van der Waals surface area contributed by atoms with Crippen LogP contribution in [0.3, 0.4) is 0 Å². The summed E-state index contributed by atoms with van der Waals surface area (Å²) in [6, 6.07) is 11.1. The number of fused-ring (bicyclic) bond motifs is 1. The number of halogens is 2. The molecule has 5 aromatic rings. The van der Waals surface area contributed by atoms with Crippen molar-refractivity contribution in [3.05, 3.63) is 83.8 Å². The molecule has 0 atom stereocenters. The molecule has 0 aliphatic rings. The van der Waals surface area contributed by atoms with Gasteiger partial charge in [0.1, 0.15) is 29.7 Å². The molecular formula is C33H37F2N7O4Si. The molecule has 3 aromatic heterocycles. The van der Waals surface area contributed by atoms with Crippen LogP contribution in [0, 0.1) is 11.6 Å². The number of para-hydroxylation sites is 1. The number of carbonyl (C=O) groups is 1. The highest BCUT2D eigenvalue weighted by Crippen LogP contribution is 2.36. The highest BCUT2D eigenvalue weighted by atomic mass is 28.4. The fourth-order valence-electron chi connectivity index (χ4n) is 4.60. The lowest BCUT2D eigenvalue weighted by atomic mass is 10.1. The minimum Gasteiger partial charge on any atom is -0.491 e. The third-order valence-corrected chi connectivity index (χ3v) is 12.8. The Bertz CT molecular complexity index is 1900. The van der Waals surface area contributed by atoms with E-state index in [1.54, 1.807) is 18.2 Å². The molecule has 0 aliphatic heterocycles. The summed E-state index contributed by atoms with van der Waals surface area (Å²) < 4.78 is 49.3. The van der Waals surface area contributed by atoms with Gasteiger partial charge in [0.15, 0.2) is 25.7 Å². The quantitative estimate of drug-likeness (QED) is 0.114. The van der Waals surface area contributed by atoms with E-state index >= 15 is 8.78 Å². The van der Waals surface area contributed by atoms with Gasteiger partial charge in [0.05, 0.1) is 43.2 Å². The maximum Gasteiger partial charge on any atom is 0.252 e. The number of rotatable bonds is 12. The first-order valence-electron chi connectivity index (χ1n) is 14.9. The van der Waals surface area contributed by atoms with Crippen molar-refractivity contribution in [3.8, 4) is 23.0 Å². The van der Waals surface area contributed by atoms with Gasteiger partial charge in [-0.15, -0.1) is 0 Å². The van der Waals surface area contributed by atoms with Crippen molar-refractivity contribution in [1.29, 1.82) is 0 Å². The fraction of sp³-hybridized carbons (Fsp3) is 0.303. The molecule has 47 heavy (non-hydrogen) atoms. The van der Waals surface area contributed by atoms with Crippen LogP contribution in [0.2, 0.25) is 18.1 Å². The molecule has 0 bridgehead atoms. The van der Waals surface area contributed by atoms with E-state index in [2.05, 4.69) is 59.2 Å². The molecular weight excluding hydrogens is 624 g/mol. The summed E-state index contributed by atoms with van der Waals surface area (Å²) in [6.07, 6.45) is 4.30.